The minimum absolute atomic E-state index is 0.392. The zero-order chi connectivity index (χ0) is 12.3. The first-order valence-corrected chi connectivity index (χ1v) is 6.10. The van der Waals surface area contributed by atoms with Crippen LogP contribution in [0, 0.1) is 10.5 Å². The van der Waals surface area contributed by atoms with Crippen LogP contribution < -0.4 is 16.6 Å². The summed E-state index contributed by atoms with van der Waals surface area (Å²) >= 11 is 2.27. The lowest BCUT2D eigenvalue weighted by Gasteiger charge is -2.09. The van der Waals surface area contributed by atoms with E-state index in [4.69, 9.17) is 5.84 Å². The van der Waals surface area contributed by atoms with Crippen LogP contribution >= 0.6 is 22.6 Å². The summed E-state index contributed by atoms with van der Waals surface area (Å²) in [5, 5.41) is 3.24. The van der Waals surface area contributed by atoms with E-state index in [-0.39, 0.29) is 0 Å². The van der Waals surface area contributed by atoms with Crippen molar-refractivity contribution in [2.45, 2.75) is 6.92 Å². The molecule has 2 aromatic rings. The van der Waals surface area contributed by atoms with Gasteiger partial charge in [-0.05, 0) is 47.7 Å². The Labute approximate surface area is 113 Å². The van der Waals surface area contributed by atoms with Gasteiger partial charge in [0.05, 0.1) is 0 Å². The number of anilines is 3. The van der Waals surface area contributed by atoms with E-state index in [1.165, 1.54) is 0 Å². The van der Waals surface area contributed by atoms with Crippen molar-refractivity contribution in [1.29, 1.82) is 0 Å². The second kappa shape index (κ2) is 5.28. The number of aromatic nitrogens is 2. The maximum atomic E-state index is 5.28. The average molecular weight is 341 g/mol. The topological polar surface area (TPSA) is 75.9 Å². The van der Waals surface area contributed by atoms with Gasteiger partial charge in [0, 0.05) is 21.0 Å². The molecule has 6 heteroatoms. The van der Waals surface area contributed by atoms with Crippen molar-refractivity contribution >= 4 is 40.0 Å². The van der Waals surface area contributed by atoms with Crippen LogP contribution in [0.2, 0.25) is 0 Å². The molecule has 0 aliphatic heterocycles. The lowest BCUT2D eigenvalue weighted by molar-refractivity contribution is 1.09. The molecular weight excluding hydrogens is 329 g/mol. The Balaban J connectivity index is 2.29. The lowest BCUT2D eigenvalue weighted by atomic mass is 10.3. The van der Waals surface area contributed by atoms with Crippen LogP contribution in [0.25, 0.3) is 0 Å². The van der Waals surface area contributed by atoms with E-state index in [9.17, 15) is 0 Å². The fourth-order valence-corrected chi connectivity index (χ4v) is 1.88. The Hall–Kier alpha value is -1.41. The van der Waals surface area contributed by atoms with Crippen molar-refractivity contribution in [1.82, 2.24) is 9.97 Å². The molecule has 5 nitrogen and oxygen atoms in total. The first-order chi connectivity index (χ1) is 8.19. The Kier molecular flexibility index (Phi) is 3.75. The van der Waals surface area contributed by atoms with Gasteiger partial charge in [0.25, 0.3) is 0 Å². The maximum Gasteiger partial charge on any atom is 0.239 e. The van der Waals surface area contributed by atoms with E-state index in [2.05, 4.69) is 43.3 Å². The normalized spacial score (nSPS) is 10.1. The van der Waals surface area contributed by atoms with E-state index < -0.39 is 0 Å². The van der Waals surface area contributed by atoms with E-state index in [1.54, 1.807) is 6.20 Å². The van der Waals surface area contributed by atoms with Crippen molar-refractivity contribution in [3.05, 3.63) is 39.6 Å². The van der Waals surface area contributed by atoms with Gasteiger partial charge in [0.2, 0.25) is 5.95 Å². The molecular formula is C11H12IN5. The highest BCUT2D eigenvalue weighted by atomic mass is 127. The van der Waals surface area contributed by atoms with E-state index in [0.717, 1.165) is 20.6 Å². The zero-order valence-corrected chi connectivity index (χ0v) is 11.4. The highest BCUT2D eigenvalue weighted by Gasteiger charge is 2.03. The maximum absolute atomic E-state index is 5.28. The number of rotatable bonds is 3. The molecule has 0 saturated carbocycles. The summed E-state index contributed by atoms with van der Waals surface area (Å²) < 4.78 is 1.16. The predicted molar refractivity (Wildman–Crippen MR) is 77.0 cm³/mol. The van der Waals surface area contributed by atoms with Gasteiger partial charge in [-0.3, -0.25) is 5.43 Å². The monoisotopic (exact) mass is 341 g/mol. The smallest absolute Gasteiger partial charge is 0.239 e. The van der Waals surface area contributed by atoms with Gasteiger partial charge < -0.3 is 5.32 Å². The standard InChI is InChI=1S/C11H12IN5/c1-7-6-14-11(17-13)16-10(7)15-9-4-2-3-8(12)5-9/h2-6H,13H2,1H3,(H2,14,15,16,17). The molecule has 0 bridgehead atoms. The minimum Gasteiger partial charge on any atom is -0.340 e. The number of halogens is 1. The van der Waals surface area contributed by atoms with Crippen LogP contribution in [0.5, 0.6) is 0 Å². The number of hydrogen-bond donors (Lipinski definition) is 3. The Morgan fingerprint density at radius 3 is 2.88 bits per heavy atom. The van der Waals surface area contributed by atoms with E-state index in [1.807, 2.05) is 31.2 Å². The molecule has 0 aliphatic rings. The number of nitrogens with two attached hydrogens (primary N) is 1. The highest BCUT2D eigenvalue weighted by Crippen LogP contribution is 2.20. The third-order valence-corrected chi connectivity index (χ3v) is 2.86. The molecule has 0 atom stereocenters. The average Bonchev–Trinajstić information content (AvgIpc) is 2.32. The van der Waals surface area contributed by atoms with Gasteiger partial charge in [-0.2, -0.15) is 4.98 Å². The molecule has 4 N–H and O–H groups in total. The fourth-order valence-electron chi connectivity index (χ4n) is 1.34. The number of aryl methyl sites for hydroxylation is 1. The summed E-state index contributed by atoms with van der Waals surface area (Å²) in [5.74, 6) is 6.42. The number of benzene rings is 1. The first kappa shape index (κ1) is 12.1. The molecule has 0 unspecified atom stereocenters. The molecule has 1 aromatic carbocycles. The summed E-state index contributed by atoms with van der Waals surface area (Å²) in [7, 11) is 0. The summed E-state index contributed by atoms with van der Waals surface area (Å²) in [6, 6.07) is 8.05. The largest absolute Gasteiger partial charge is 0.340 e. The number of nitrogen functional groups attached to an aromatic ring is 1. The van der Waals surface area contributed by atoms with Crippen molar-refractivity contribution in [3.63, 3.8) is 0 Å². The van der Waals surface area contributed by atoms with Crippen molar-refractivity contribution in [2.75, 3.05) is 10.7 Å². The molecule has 0 saturated heterocycles. The number of nitrogens with zero attached hydrogens (tertiary/aromatic N) is 2. The molecule has 0 aliphatic carbocycles. The van der Waals surface area contributed by atoms with Crippen LogP contribution in [-0.4, -0.2) is 9.97 Å². The number of hydrogen-bond acceptors (Lipinski definition) is 5. The van der Waals surface area contributed by atoms with Gasteiger partial charge in [-0.1, -0.05) is 6.07 Å². The van der Waals surface area contributed by atoms with Gasteiger partial charge >= 0.3 is 0 Å². The molecule has 1 heterocycles. The molecule has 0 fully saturated rings. The summed E-state index contributed by atoms with van der Waals surface area (Å²) in [5.41, 5.74) is 4.38. The Morgan fingerprint density at radius 2 is 2.18 bits per heavy atom. The summed E-state index contributed by atoms with van der Waals surface area (Å²) in [4.78, 5) is 8.28. The third kappa shape index (κ3) is 3.04. The quantitative estimate of drug-likeness (QED) is 0.454. The fraction of sp³-hybridized carbons (Fsp3) is 0.0909. The van der Waals surface area contributed by atoms with Crippen LogP contribution in [-0.2, 0) is 0 Å². The molecule has 1 aromatic heterocycles. The van der Waals surface area contributed by atoms with Crippen LogP contribution in [0.1, 0.15) is 5.56 Å². The predicted octanol–water partition coefficient (Wildman–Crippen LogP) is 2.42. The number of nitrogens with one attached hydrogen (secondary N) is 2. The van der Waals surface area contributed by atoms with E-state index in [0.29, 0.717) is 5.95 Å². The molecule has 17 heavy (non-hydrogen) atoms. The van der Waals surface area contributed by atoms with Crippen LogP contribution in [0.15, 0.2) is 30.5 Å². The third-order valence-electron chi connectivity index (χ3n) is 2.19. The van der Waals surface area contributed by atoms with Gasteiger partial charge in [0.15, 0.2) is 0 Å². The first-order valence-electron chi connectivity index (χ1n) is 5.02. The highest BCUT2D eigenvalue weighted by molar-refractivity contribution is 14.1. The second-order valence-electron chi connectivity index (χ2n) is 3.50. The number of hydrazine groups is 1. The minimum atomic E-state index is 0.392. The van der Waals surface area contributed by atoms with Gasteiger partial charge in [0.1, 0.15) is 5.82 Å². The van der Waals surface area contributed by atoms with Crippen LogP contribution in [0.3, 0.4) is 0 Å². The molecule has 0 amide bonds. The molecule has 2 rings (SSSR count). The SMILES string of the molecule is Cc1cnc(NN)nc1Nc1cccc(I)c1. The Bertz CT molecular complexity index is 529. The summed E-state index contributed by atoms with van der Waals surface area (Å²) in [6.45, 7) is 1.94. The summed E-state index contributed by atoms with van der Waals surface area (Å²) in [6.07, 6.45) is 1.72. The van der Waals surface area contributed by atoms with E-state index >= 15 is 0 Å². The van der Waals surface area contributed by atoms with Crippen molar-refractivity contribution in [2.24, 2.45) is 5.84 Å². The van der Waals surface area contributed by atoms with Crippen LogP contribution in [0.4, 0.5) is 17.5 Å². The second-order valence-corrected chi connectivity index (χ2v) is 4.75. The van der Waals surface area contributed by atoms with Crippen molar-refractivity contribution < 1.29 is 0 Å². The van der Waals surface area contributed by atoms with Gasteiger partial charge in [-0.25, -0.2) is 10.8 Å². The zero-order valence-electron chi connectivity index (χ0n) is 9.24. The molecule has 0 spiro atoms. The molecule has 0 radical (unpaired) electrons. The molecule has 88 valence electrons. The Morgan fingerprint density at radius 1 is 1.35 bits per heavy atom. The lowest BCUT2D eigenvalue weighted by Crippen LogP contribution is -2.11. The van der Waals surface area contributed by atoms with Gasteiger partial charge in [-0.15, -0.1) is 0 Å². The van der Waals surface area contributed by atoms with Crippen molar-refractivity contribution in [3.8, 4) is 0 Å².